The van der Waals surface area contributed by atoms with Crippen LogP contribution in [0.25, 0.3) is 0 Å². The predicted octanol–water partition coefficient (Wildman–Crippen LogP) is 3.02. The molecule has 1 aliphatic carbocycles. The molecule has 5 heteroatoms. The average Bonchev–Trinajstić information content (AvgIpc) is 2.43. The van der Waals surface area contributed by atoms with Crippen molar-refractivity contribution in [3.05, 3.63) is 39.9 Å². The molecule has 0 saturated heterocycles. The Morgan fingerprint density at radius 1 is 1.24 bits per heavy atom. The molecule has 21 heavy (non-hydrogen) atoms. The number of aliphatic hydroxyl groups is 1. The SMILES string of the molecule is CC1(C)CCC(O)(CNCc2ccccc2[N+](=O)[O-])CC1. The van der Waals surface area contributed by atoms with E-state index in [1.165, 1.54) is 6.07 Å². The lowest BCUT2D eigenvalue weighted by atomic mass is 9.71. The topological polar surface area (TPSA) is 75.4 Å². The molecule has 0 atom stereocenters. The summed E-state index contributed by atoms with van der Waals surface area (Å²) in [4.78, 5) is 10.6. The first-order chi connectivity index (χ1) is 9.81. The van der Waals surface area contributed by atoms with Crippen LogP contribution in [0.1, 0.15) is 45.1 Å². The normalized spacial score (nSPS) is 20.1. The molecule has 0 unspecified atom stereocenters. The van der Waals surface area contributed by atoms with Gasteiger partial charge in [0.2, 0.25) is 0 Å². The fourth-order valence-corrected chi connectivity index (χ4v) is 2.84. The second-order valence-corrected chi connectivity index (χ2v) is 6.88. The van der Waals surface area contributed by atoms with E-state index in [0.29, 0.717) is 24.1 Å². The van der Waals surface area contributed by atoms with Crippen LogP contribution in [0.5, 0.6) is 0 Å². The van der Waals surface area contributed by atoms with Crippen LogP contribution < -0.4 is 5.32 Å². The van der Waals surface area contributed by atoms with Crippen molar-refractivity contribution in [3.63, 3.8) is 0 Å². The van der Waals surface area contributed by atoms with Gasteiger partial charge in [-0.3, -0.25) is 10.1 Å². The highest BCUT2D eigenvalue weighted by Crippen LogP contribution is 2.39. The Bertz CT molecular complexity index is 504. The molecule has 0 spiro atoms. The summed E-state index contributed by atoms with van der Waals surface area (Å²) in [5.74, 6) is 0. The lowest BCUT2D eigenvalue weighted by Gasteiger charge is -2.40. The number of hydrogen-bond acceptors (Lipinski definition) is 4. The van der Waals surface area contributed by atoms with E-state index in [0.717, 1.165) is 25.7 Å². The number of benzene rings is 1. The van der Waals surface area contributed by atoms with Crippen LogP contribution in [0.15, 0.2) is 24.3 Å². The van der Waals surface area contributed by atoms with Crippen LogP contribution in [-0.4, -0.2) is 22.2 Å². The molecular weight excluding hydrogens is 268 g/mol. The maximum absolute atomic E-state index is 10.9. The number of nitro groups is 1. The molecule has 1 aliphatic rings. The van der Waals surface area contributed by atoms with Crippen LogP contribution in [0.4, 0.5) is 5.69 Å². The van der Waals surface area contributed by atoms with Crippen molar-refractivity contribution in [2.45, 2.75) is 51.7 Å². The molecule has 0 bridgehead atoms. The second-order valence-electron chi connectivity index (χ2n) is 6.88. The van der Waals surface area contributed by atoms with Gasteiger partial charge in [0.15, 0.2) is 0 Å². The van der Waals surface area contributed by atoms with E-state index in [9.17, 15) is 15.2 Å². The van der Waals surface area contributed by atoms with Crippen molar-refractivity contribution in [3.8, 4) is 0 Å². The fraction of sp³-hybridized carbons (Fsp3) is 0.625. The highest BCUT2D eigenvalue weighted by atomic mass is 16.6. The van der Waals surface area contributed by atoms with E-state index in [-0.39, 0.29) is 10.6 Å². The summed E-state index contributed by atoms with van der Waals surface area (Å²) in [5, 5.41) is 24.7. The van der Waals surface area contributed by atoms with Gasteiger partial charge in [-0.05, 0) is 31.1 Å². The zero-order chi connectivity index (χ0) is 15.5. The van der Waals surface area contributed by atoms with Gasteiger partial charge < -0.3 is 10.4 Å². The molecule has 0 aromatic heterocycles. The van der Waals surface area contributed by atoms with Gasteiger partial charge in [0.1, 0.15) is 0 Å². The van der Waals surface area contributed by atoms with E-state index < -0.39 is 5.60 Å². The monoisotopic (exact) mass is 292 g/mol. The number of nitrogens with zero attached hydrogens (tertiary/aromatic N) is 1. The number of para-hydroxylation sites is 1. The molecule has 0 heterocycles. The Kier molecular flexibility index (Phi) is 4.64. The van der Waals surface area contributed by atoms with Gasteiger partial charge in [0, 0.05) is 24.7 Å². The van der Waals surface area contributed by atoms with E-state index in [1.807, 2.05) is 0 Å². The number of rotatable bonds is 5. The third kappa shape index (κ3) is 4.25. The van der Waals surface area contributed by atoms with E-state index >= 15 is 0 Å². The number of hydrogen-bond donors (Lipinski definition) is 2. The van der Waals surface area contributed by atoms with E-state index in [4.69, 9.17) is 0 Å². The Hall–Kier alpha value is -1.46. The third-order valence-electron chi connectivity index (χ3n) is 4.49. The fourth-order valence-electron chi connectivity index (χ4n) is 2.84. The summed E-state index contributed by atoms with van der Waals surface area (Å²) in [5.41, 5.74) is 0.410. The molecule has 116 valence electrons. The van der Waals surface area contributed by atoms with Gasteiger partial charge in [-0.15, -0.1) is 0 Å². The first-order valence-electron chi connectivity index (χ1n) is 7.47. The second kappa shape index (κ2) is 6.12. The molecule has 1 saturated carbocycles. The van der Waals surface area contributed by atoms with Crippen molar-refractivity contribution in [1.29, 1.82) is 0 Å². The van der Waals surface area contributed by atoms with E-state index in [2.05, 4.69) is 19.2 Å². The summed E-state index contributed by atoms with van der Waals surface area (Å²) >= 11 is 0. The zero-order valence-corrected chi connectivity index (χ0v) is 12.8. The Balaban J connectivity index is 1.89. The highest BCUT2D eigenvalue weighted by Gasteiger charge is 2.36. The summed E-state index contributed by atoms with van der Waals surface area (Å²) in [6.45, 7) is 5.35. The molecule has 1 aromatic rings. The molecule has 5 nitrogen and oxygen atoms in total. The van der Waals surface area contributed by atoms with Crippen LogP contribution in [0, 0.1) is 15.5 Å². The van der Waals surface area contributed by atoms with Crippen molar-refractivity contribution in [1.82, 2.24) is 5.32 Å². The lowest BCUT2D eigenvalue weighted by molar-refractivity contribution is -0.385. The van der Waals surface area contributed by atoms with Crippen molar-refractivity contribution in [2.75, 3.05) is 6.54 Å². The van der Waals surface area contributed by atoms with Gasteiger partial charge in [-0.1, -0.05) is 32.0 Å². The number of nitro benzene ring substituents is 1. The first-order valence-corrected chi connectivity index (χ1v) is 7.47. The van der Waals surface area contributed by atoms with Crippen LogP contribution in [0.2, 0.25) is 0 Å². The van der Waals surface area contributed by atoms with Crippen molar-refractivity contribution in [2.24, 2.45) is 5.41 Å². The molecule has 1 aromatic carbocycles. The average molecular weight is 292 g/mol. The lowest BCUT2D eigenvalue weighted by Crippen LogP contribution is -2.44. The Labute approximate surface area is 125 Å². The van der Waals surface area contributed by atoms with Crippen molar-refractivity contribution < 1.29 is 10.0 Å². The molecule has 2 rings (SSSR count). The molecule has 0 amide bonds. The predicted molar refractivity (Wildman–Crippen MR) is 82.0 cm³/mol. The molecule has 0 radical (unpaired) electrons. The maximum Gasteiger partial charge on any atom is 0.273 e. The molecule has 0 aliphatic heterocycles. The van der Waals surface area contributed by atoms with Crippen LogP contribution in [-0.2, 0) is 6.54 Å². The van der Waals surface area contributed by atoms with E-state index in [1.54, 1.807) is 18.2 Å². The van der Waals surface area contributed by atoms with Gasteiger partial charge in [0.05, 0.1) is 10.5 Å². The van der Waals surface area contributed by atoms with Crippen molar-refractivity contribution >= 4 is 5.69 Å². The van der Waals surface area contributed by atoms with Gasteiger partial charge in [0.25, 0.3) is 5.69 Å². The molecule has 2 N–H and O–H groups in total. The Morgan fingerprint density at radius 2 is 1.86 bits per heavy atom. The third-order valence-corrected chi connectivity index (χ3v) is 4.49. The van der Waals surface area contributed by atoms with Gasteiger partial charge in [-0.2, -0.15) is 0 Å². The first kappa shape index (κ1) is 15.9. The van der Waals surface area contributed by atoms with Crippen LogP contribution in [0.3, 0.4) is 0 Å². The minimum absolute atomic E-state index is 0.127. The molecular formula is C16H24N2O3. The summed E-state index contributed by atoms with van der Waals surface area (Å²) in [6.07, 6.45) is 3.58. The zero-order valence-electron chi connectivity index (χ0n) is 12.8. The summed E-state index contributed by atoms with van der Waals surface area (Å²) in [7, 11) is 0. The van der Waals surface area contributed by atoms with Crippen LogP contribution >= 0.6 is 0 Å². The quantitative estimate of drug-likeness (QED) is 0.646. The highest BCUT2D eigenvalue weighted by molar-refractivity contribution is 5.39. The Morgan fingerprint density at radius 3 is 2.48 bits per heavy atom. The smallest absolute Gasteiger partial charge is 0.273 e. The minimum Gasteiger partial charge on any atom is -0.389 e. The molecule has 1 fully saturated rings. The summed E-state index contributed by atoms with van der Waals surface area (Å²) in [6, 6.07) is 6.72. The van der Waals surface area contributed by atoms with Gasteiger partial charge in [-0.25, -0.2) is 0 Å². The largest absolute Gasteiger partial charge is 0.389 e. The maximum atomic E-state index is 10.9. The standard InChI is InChI=1S/C16H24N2O3/c1-15(2)7-9-16(19,10-8-15)12-17-11-13-5-3-4-6-14(13)18(20)21/h3-6,17,19H,7-12H2,1-2H3. The number of nitrogens with one attached hydrogen (secondary N) is 1. The summed E-state index contributed by atoms with van der Waals surface area (Å²) < 4.78 is 0. The van der Waals surface area contributed by atoms with Gasteiger partial charge >= 0.3 is 0 Å². The minimum atomic E-state index is -0.681.